The SMILES string of the molecule is Cc1cc(N)nc(CSCc2ccco2)n1. The van der Waals surface area contributed by atoms with Crippen molar-refractivity contribution in [1.29, 1.82) is 0 Å². The Bertz CT molecular complexity index is 436. The molecule has 2 rings (SSSR count). The second kappa shape index (κ2) is 5.03. The summed E-state index contributed by atoms with van der Waals surface area (Å²) >= 11 is 1.71. The predicted molar refractivity (Wildman–Crippen MR) is 64.9 cm³/mol. The molecule has 2 N–H and O–H groups in total. The molecule has 0 aromatic carbocycles. The smallest absolute Gasteiger partial charge is 0.140 e. The van der Waals surface area contributed by atoms with Gasteiger partial charge in [0.1, 0.15) is 17.4 Å². The Morgan fingerprint density at radius 2 is 2.25 bits per heavy atom. The van der Waals surface area contributed by atoms with Gasteiger partial charge in [0, 0.05) is 11.8 Å². The highest BCUT2D eigenvalue weighted by Gasteiger charge is 2.01. The first-order valence-corrected chi connectivity index (χ1v) is 6.09. The Balaban J connectivity index is 1.89. The van der Waals surface area contributed by atoms with Crippen LogP contribution in [0.3, 0.4) is 0 Å². The van der Waals surface area contributed by atoms with Crippen molar-refractivity contribution in [2.24, 2.45) is 0 Å². The molecule has 0 atom stereocenters. The zero-order chi connectivity index (χ0) is 11.4. The van der Waals surface area contributed by atoms with E-state index in [2.05, 4.69) is 9.97 Å². The first-order valence-electron chi connectivity index (χ1n) is 4.94. The van der Waals surface area contributed by atoms with Crippen LogP contribution < -0.4 is 5.73 Å². The van der Waals surface area contributed by atoms with Crippen LogP contribution in [0.5, 0.6) is 0 Å². The van der Waals surface area contributed by atoms with Gasteiger partial charge in [-0.05, 0) is 19.1 Å². The maximum absolute atomic E-state index is 5.65. The molecule has 5 heteroatoms. The zero-order valence-electron chi connectivity index (χ0n) is 9.01. The number of aryl methyl sites for hydroxylation is 1. The molecule has 2 aromatic heterocycles. The van der Waals surface area contributed by atoms with E-state index in [9.17, 15) is 0 Å². The lowest BCUT2D eigenvalue weighted by Gasteiger charge is -2.02. The van der Waals surface area contributed by atoms with E-state index in [1.165, 1.54) is 0 Å². The lowest BCUT2D eigenvalue weighted by atomic mass is 10.4. The second-order valence-corrected chi connectivity index (χ2v) is 4.41. The van der Waals surface area contributed by atoms with Gasteiger partial charge in [0.05, 0.1) is 17.8 Å². The monoisotopic (exact) mass is 235 g/mol. The van der Waals surface area contributed by atoms with Gasteiger partial charge in [0.25, 0.3) is 0 Å². The molecule has 2 heterocycles. The molecule has 2 aromatic rings. The molecule has 4 nitrogen and oxygen atoms in total. The molecule has 0 saturated carbocycles. The minimum Gasteiger partial charge on any atom is -0.468 e. The molecule has 16 heavy (non-hydrogen) atoms. The summed E-state index contributed by atoms with van der Waals surface area (Å²) in [5, 5.41) is 0. The normalized spacial score (nSPS) is 10.6. The van der Waals surface area contributed by atoms with E-state index in [4.69, 9.17) is 10.2 Å². The van der Waals surface area contributed by atoms with Crippen LogP contribution in [-0.4, -0.2) is 9.97 Å². The molecule has 84 valence electrons. The Labute approximate surface area is 98.3 Å². The largest absolute Gasteiger partial charge is 0.468 e. The van der Waals surface area contributed by atoms with Crippen molar-refractivity contribution < 1.29 is 4.42 Å². The standard InChI is InChI=1S/C11H13N3OS/c1-8-5-10(12)14-11(13-8)7-16-6-9-3-2-4-15-9/h2-5H,6-7H2,1H3,(H2,12,13,14). The van der Waals surface area contributed by atoms with Crippen LogP contribution in [0.2, 0.25) is 0 Å². The van der Waals surface area contributed by atoms with E-state index < -0.39 is 0 Å². The topological polar surface area (TPSA) is 64.9 Å². The molecule has 0 fully saturated rings. The lowest BCUT2D eigenvalue weighted by molar-refractivity contribution is 0.530. The zero-order valence-corrected chi connectivity index (χ0v) is 9.83. The van der Waals surface area contributed by atoms with Gasteiger partial charge in [-0.15, -0.1) is 11.8 Å². The molecule has 0 spiro atoms. The molecule has 0 amide bonds. The van der Waals surface area contributed by atoms with E-state index in [-0.39, 0.29) is 0 Å². The first kappa shape index (κ1) is 11.0. The van der Waals surface area contributed by atoms with Crippen molar-refractivity contribution in [2.45, 2.75) is 18.4 Å². The van der Waals surface area contributed by atoms with Crippen LogP contribution in [0.15, 0.2) is 28.9 Å². The summed E-state index contributed by atoms with van der Waals surface area (Å²) < 4.78 is 5.23. The average Bonchev–Trinajstić information content (AvgIpc) is 2.69. The van der Waals surface area contributed by atoms with Gasteiger partial charge in [-0.2, -0.15) is 0 Å². The number of rotatable bonds is 4. The third-order valence-electron chi connectivity index (χ3n) is 1.98. The van der Waals surface area contributed by atoms with E-state index >= 15 is 0 Å². The third kappa shape index (κ3) is 3.00. The fourth-order valence-electron chi connectivity index (χ4n) is 1.36. The van der Waals surface area contributed by atoms with E-state index in [0.717, 1.165) is 28.8 Å². The highest BCUT2D eigenvalue weighted by molar-refractivity contribution is 7.97. The van der Waals surface area contributed by atoms with Crippen molar-refractivity contribution >= 4 is 17.6 Å². The third-order valence-corrected chi connectivity index (χ3v) is 2.93. The molecule has 0 bridgehead atoms. The number of nitrogen functional groups attached to an aromatic ring is 1. The number of aromatic nitrogens is 2. The fourth-order valence-corrected chi connectivity index (χ4v) is 2.14. The Morgan fingerprint density at radius 3 is 2.94 bits per heavy atom. The number of hydrogen-bond donors (Lipinski definition) is 1. The summed E-state index contributed by atoms with van der Waals surface area (Å²) in [6.07, 6.45) is 1.68. The maximum Gasteiger partial charge on any atom is 0.140 e. The average molecular weight is 235 g/mol. The Hall–Kier alpha value is -1.49. The van der Waals surface area contributed by atoms with Crippen LogP contribution in [-0.2, 0) is 11.5 Å². The quantitative estimate of drug-likeness (QED) is 0.881. The minimum atomic E-state index is 0.529. The van der Waals surface area contributed by atoms with Gasteiger partial charge < -0.3 is 10.2 Å². The Morgan fingerprint density at radius 1 is 1.38 bits per heavy atom. The van der Waals surface area contributed by atoms with Gasteiger partial charge in [0.2, 0.25) is 0 Å². The summed E-state index contributed by atoms with van der Waals surface area (Å²) in [4.78, 5) is 8.48. The van der Waals surface area contributed by atoms with E-state index in [1.807, 2.05) is 19.1 Å². The van der Waals surface area contributed by atoms with Crippen LogP contribution in [0.4, 0.5) is 5.82 Å². The number of thioether (sulfide) groups is 1. The molecule has 0 saturated heterocycles. The van der Waals surface area contributed by atoms with Gasteiger partial charge in [-0.25, -0.2) is 9.97 Å². The number of nitrogens with two attached hydrogens (primary N) is 1. The van der Waals surface area contributed by atoms with Crippen LogP contribution in [0.25, 0.3) is 0 Å². The van der Waals surface area contributed by atoms with E-state index in [0.29, 0.717) is 5.82 Å². The van der Waals surface area contributed by atoms with Crippen LogP contribution in [0.1, 0.15) is 17.3 Å². The van der Waals surface area contributed by atoms with Gasteiger partial charge in [0.15, 0.2) is 0 Å². The molecule has 0 unspecified atom stereocenters. The summed E-state index contributed by atoms with van der Waals surface area (Å²) in [7, 11) is 0. The van der Waals surface area contributed by atoms with Crippen molar-refractivity contribution in [3.05, 3.63) is 41.7 Å². The molecule has 0 aliphatic rings. The molecular formula is C11H13N3OS. The van der Waals surface area contributed by atoms with Gasteiger partial charge in [-0.1, -0.05) is 0 Å². The molecule has 0 radical (unpaired) electrons. The summed E-state index contributed by atoms with van der Waals surface area (Å²) in [5.41, 5.74) is 6.55. The van der Waals surface area contributed by atoms with Crippen molar-refractivity contribution in [3.8, 4) is 0 Å². The highest BCUT2D eigenvalue weighted by atomic mass is 32.2. The maximum atomic E-state index is 5.65. The molecule has 0 aliphatic carbocycles. The molecular weight excluding hydrogens is 222 g/mol. The van der Waals surface area contributed by atoms with Gasteiger partial charge in [-0.3, -0.25) is 0 Å². The van der Waals surface area contributed by atoms with Crippen molar-refractivity contribution in [1.82, 2.24) is 9.97 Å². The number of furan rings is 1. The number of anilines is 1. The summed E-state index contributed by atoms with van der Waals surface area (Å²) in [6.45, 7) is 1.92. The molecule has 0 aliphatic heterocycles. The van der Waals surface area contributed by atoms with Crippen molar-refractivity contribution in [2.75, 3.05) is 5.73 Å². The minimum absolute atomic E-state index is 0.529. The van der Waals surface area contributed by atoms with Gasteiger partial charge >= 0.3 is 0 Å². The van der Waals surface area contributed by atoms with Crippen LogP contribution in [0, 0.1) is 6.92 Å². The number of hydrogen-bond acceptors (Lipinski definition) is 5. The first-order chi connectivity index (χ1) is 7.74. The van der Waals surface area contributed by atoms with E-state index in [1.54, 1.807) is 24.1 Å². The summed E-state index contributed by atoms with van der Waals surface area (Å²) in [6, 6.07) is 5.61. The number of nitrogens with zero attached hydrogens (tertiary/aromatic N) is 2. The lowest BCUT2D eigenvalue weighted by Crippen LogP contribution is -1.99. The second-order valence-electron chi connectivity index (χ2n) is 3.42. The summed E-state index contributed by atoms with van der Waals surface area (Å²) in [5.74, 6) is 3.83. The fraction of sp³-hybridized carbons (Fsp3) is 0.273. The Kier molecular flexibility index (Phi) is 3.46. The predicted octanol–water partition coefficient (Wildman–Crippen LogP) is 2.39. The van der Waals surface area contributed by atoms with Crippen molar-refractivity contribution in [3.63, 3.8) is 0 Å². The van der Waals surface area contributed by atoms with Crippen LogP contribution >= 0.6 is 11.8 Å². The highest BCUT2D eigenvalue weighted by Crippen LogP contribution is 2.16.